The molecule has 0 aromatic rings. The van der Waals surface area contributed by atoms with Crippen LogP contribution in [0, 0.1) is 0 Å². The van der Waals surface area contributed by atoms with E-state index < -0.39 is 0 Å². The monoisotopic (exact) mass is 156 g/mol. The molecule has 0 saturated carbocycles. The van der Waals surface area contributed by atoms with Crippen LogP contribution >= 0.6 is 11.8 Å². The largest absolute Gasteiger partial charge is 0.386 e. The van der Waals surface area contributed by atoms with Gasteiger partial charge in [0.1, 0.15) is 5.84 Å². The molecule has 2 nitrogen and oxygen atoms in total. The molecule has 1 spiro atoms. The lowest BCUT2D eigenvalue weighted by molar-refractivity contribution is 0.566. The summed E-state index contributed by atoms with van der Waals surface area (Å²) >= 11 is 1.98. The van der Waals surface area contributed by atoms with Gasteiger partial charge in [-0.1, -0.05) is 0 Å². The molecule has 2 rings (SSSR count). The Bertz CT molecular complexity index is 172. The number of nitrogens with two attached hydrogens (primary N) is 1. The molecule has 0 radical (unpaired) electrons. The van der Waals surface area contributed by atoms with Crippen molar-refractivity contribution in [2.45, 2.75) is 24.0 Å². The molecule has 1 unspecified atom stereocenters. The summed E-state index contributed by atoms with van der Waals surface area (Å²) in [5.41, 5.74) is 5.80. The minimum absolute atomic E-state index is 0.304. The second-order valence-corrected chi connectivity index (χ2v) is 4.44. The fourth-order valence-electron chi connectivity index (χ4n) is 1.58. The van der Waals surface area contributed by atoms with Gasteiger partial charge in [-0.2, -0.15) is 0 Å². The topological polar surface area (TPSA) is 38.4 Å². The molecule has 0 amide bonds. The van der Waals surface area contributed by atoms with Crippen LogP contribution in [0.4, 0.5) is 0 Å². The van der Waals surface area contributed by atoms with Crippen molar-refractivity contribution >= 4 is 17.6 Å². The molecule has 1 saturated heterocycles. The molecule has 2 aliphatic rings. The van der Waals surface area contributed by atoms with E-state index in [-0.39, 0.29) is 0 Å². The van der Waals surface area contributed by atoms with E-state index in [1.165, 1.54) is 25.0 Å². The molecule has 2 aliphatic heterocycles. The highest BCUT2D eigenvalue weighted by Crippen LogP contribution is 2.45. The summed E-state index contributed by atoms with van der Waals surface area (Å²) in [5, 5.41) is 0. The number of amidine groups is 1. The summed E-state index contributed by atoms with van der Waals surface area (Å²) in [6, 6.07) is 0. The smallest absolute Gasteiger partial charge is 0.110 e. The van der Waals surface area contributed by atoms with E-state index in [0.717, 1.165) is 12.4 Å². The molecule has 1 atom stereocenters. The second kappa shape index (κ2) is 2.16. The van der Waals surface area contributed by atoms with Crippen LogP contribution in [-0.2, 0) is 0 Å². The molecule has 1 fully saturated rings. The fourth-order valence-corrected chi connectivity index (χ4v) is 2.78. The highest BCUT2D eigenvalue weighted by atomic mass is 32.2. The molecule has 0 aromatic heterocycles. The zero-order valence-electron chi connectivity index (χ0n) is 5.97. The number of hydrogen-bond donors (Lipinski definition) is 1. The Morgan fingerprint density at radius 2 is 2.30 bits per heavy atom. The quantitative estimate of drug-likeness (QED) is 0.568. The Hall–Kier alpha value is -0.180. The van der Waals surface area contributed by atoms with Crippen molar-refractivity contribution in [2.75, 3.05) is 12.3 Å². The predicted octanol–water partition coefficient (Wildman–Crippen LogP) is 1.01. The van der Waals surface area contributed by atoms with Gasteiger partial charge < -0.3 is 5.73 Å². The highest BCUT2D eigenvalue weighted by Gasteiger charge is 2.42. The number of hydrogen-bond acceptors (Lipinski definition) is 3. The lowest BCUT2D eigenvalue weighted by atomic mass is 9.94. The Morgan fingerprint density at radius 1 is 1.50 bits per heavy atom. The first-order chi connectivity index (χ1) is 4.83. The SMILES string of the molecule is NC1=NCCCC12CCS2. The zero-order valence-corrected chi connectivity index (χ0v) is 6.78. The summed E-state index contributed by atoms with van der Waals surface area (Å²) in [5.74, 6) is 2.19. The number of rotatable bonds is 0. The third-order valence-electron chi connectivity index (χ3n) is 2.37. The van der Waals surface area contributed by atoms with E-state index in [9.17, 15) is 0 Å². The van der Waals surface area contributed by atoms with Crippen LogP contribution in [0.2, 0.25) is 0 Å². The van der Waals surface area contributed by atoms with Gasteiger partial charge in [-0.05, 0) is 25.0 Å². The van der Waals surface area contributed by atoms with Crippen LogP contribution in [0.15, 0.2) is 4.99 Å². The second-order valence-electron chi connectivity index (χ2n) is 2.96. The van der Waals surface area contributed by atoms with Gasteiger partial charge in [0.05, 0.1) is 4.75 Å². The van der Waals surface area contributed by atoms with Gasteiger partial charge in [-0.3, -0.25) is 4.99 Å². The number of thioether (sulfide) groups is 1. The average Bonchev–Trinajstić information content (AvgIpc) is 1.85. The Labute approximate surface area is 65.3 Å². The van der Waals surface area contributed by atoms with Gasteiger partial charge in [0, 0.05) is 6.54 Å². The van der Waals surface area contributed by atoms with Gasteiger partial charge in [0.15, 0.2) is 0 Å². The van der Waals surface area contributed by atoms with Crippen LogP contribution in [0.1, 0.15) is 19.3 Å². The summed E-state index contributed by atoms with van der Waals surface area (Å²) in [7, 11) is 0. The van der Waals surface area contributed by atoms with Gasteiger partial charge in [0.2, 0.25) is 0 Å². The molecule has 0 aromatic carbocycles. The Kier molecular flexibility index (Phi) is 1.41. The van der Waals surface area contributed by atoms with E-state index in [1.807, 2.05) is 11.8 Å². The highest BCUT2D eigenvalue weighted by molar-refractivity contribution is 8.02. The van der Waals surface area contributed by atoms with Crippen molar-refractivity contribution in [3.63, 3.8) is 0 Å². The van der Waals surface area contributed by atoms with Gasteiger partial charge in [-0.15, -0.1) is 11.8 Å². The lowest BCUT2D eigenvalue weighted by Crippen LogP contribution is -2.49. The lowest BCUT2D eigenvalue weighted by Gasteiger charge is -2.42. The number of nitrogens with zero attached hydrogens (tertiary/aromatic N) is 1. The molecule has 3 heteroatoms. The van der Waals surface area contributed by atoms with Crippen LogP contribution in [-0.4, -0.2) is 22.9 Å². The summed E-state index contributed by atoms with van der Waals surface area (Å²) in [6.45, 7) is 0.953. The summed E-state index contributed by atoms with van der Waals surface area (Å²) in [6.07, 6.45) is 3.74. The molecule has 56 valence electrons. The Balaban J connectivity index is 2.19. The molecule has 10 heavy (non-hydrogen) atoms. The zero-order chi connectivity index (χ0) is 7.03. The van der Waals surface area contributed by atoms with Gasteiger partial charge >= 0.3 is 0 Å². The molecular weight excluding hydrogens is 144 g/mol. The average molecular weight is 156 g/mol. The van der Waals surface area contributed by atoms with E-state index in [1.54, 1.807) is 0 Å². The maximum atomic E-state index is 5.80. The van der Waals surface area contributed by atoms with Crippen molar-refractivity contribution in [2.24, 2.45) is 10.7 Å². The van der Waals surface area contributed by atoms with Crippen molar-refractivity contribution in [1.29, 1.82) is 0 Å². The predicted molar refractivity (Wildman–Crippen MR) is 45.5 cm³/mol. The van der Waals surface area contributed by atoms with Crippen molar-refractivity contribution in [3.05, 3.63) is 0 Å². The van der Waals surface area contributed by atoms with Crippen LogP contribution in [0.3, 0.4) is 0 Å². The minimum atomic E-state index is 0.304. The standard InChI is InChI=1S/C7H12N2S/c8-6-7(3-5-10-7)2-1-4-9-6/h1-5H2,(H2,8,9). The first kappa shape index (κ1) is 6.53. The van der Waals surface area contributed by atoms with Crippen LogP contribution < -0.4 is 5.73 Å². The van der Waals surface area contributed by atoms with Crippen LogP contribution in [0.25, 0.3) is 0 Å². The third kappa shape index (κ3) is 0.764. The summed E-state index contributed by atoms with van der Waals surface area (Å²) in [4.78, 5) is 4.28. The molecule has 0 bridgehead atoms. The van der Waals surface area contributed by atoms with E-state index in [0.29, 0.717) is 4.75 Å². The molecule has 2 heterocycles. The van der Waals surface area contributed by atoms with E-state index in [4.69, 9.17) is 5.73 Å². The third-order valence-corrected chi connectivity index (χ3v) is 3.95. The van der Waals surface area contributed by atoms with Crippen LogP contribution in [0.5, 0.6) is 0 Å². The molecule has 0 aliphatic carbocycles. The van der Waals surface area contributed by atoms with Gasteiger partial charge in [0.25, 0.3) is 0 Å². The van der Waals surface area contributed by atoms with Crippen molar-refractivity contribution in [3.8, 4) is 0 Å². The fraction of sp³-hybridized carbons (Fsp3) is 0.857. The van der Waals surface area contributed by atoms with E-state index in [2.05, 4.69) is 4.99 Å². The van der Waals surface area contributed by atoms with Crippen molar-refractivity contribution in [1.82, 2.24) is 0 Å². The maximum absolute atomic E-state index is 5.80. The Morgan fingerprint density at radius 3 is 2.70 bits per heavy atom. The number of aliphatic imine (C=N–C) groups is 1. The normalized spacial score (nSPS) is 39.0. The summed E-state index contributed by atoms with van der Waals surface area (Å²) < 4.78 is 0.304. The molecular formula is C7H12N2S. The maximum Gasteiger partial charge on any atom is 0.110 e. The minimum Gasteiger partial charge on any atom is -0.386 e. The molecule has 2 N–H and O–H groups in total. The first-order valence-electron chi connectivity index (χ1n) is 3.78. The van der Waals surface area contributed by atoms with E-state index >= 15 is 0 Å². The van der Waals surface area contributed by atoms with Gasteiger partial charge in [-0.25, -0.2) is 0 Å². The van der Waals surface area contributed by atoms with Crippen molar-refractivity contribution < 1.29 is 0 Å². The first-order valence-corrected chi connectivity index (χ1v) is 4.76.